The van der Waals surface area contributed by atoms with Crippen molar-refractivity contribution in [1.82, 2.24) is 10.2 Å². The summed E-state index contributed by atoms with van der Waals surface area (Å²) in [5, 5.41) is 11.8. The molecule has 8 heteroatoms. The zero-order chi connectivity index (χ0) is 23.7. The number of alkyl carbamates (subject to hydrolysis) is 1. The van der Waals surface area contributed by atoms with Gasteiger partial charge in [-0.15, -0.1) is 0 Å². The molecule has 0 aromatic heterocycles. The number of amides is 2. The Balaban J connectivity index is 1.09. The SMILES string of the molecule is O=C(O)CC1CN(C(=O)[C@@H]2C[C@@H]2CNC(=O)OCC2c3ccccc3-c3ccccc32)CCO1. The van der Waals surface area contributed by atoms with Gasteiger partial charge in [0.25, 0.3) is 0 Å². The first-order valence-corrected chi connectivity index (χ1v) is 11.7. The van der Waals surface area contributed by atoms with Crippen molar-refractivity contribution in [2.45, 2.75) is 24.9 Å². The number of hydrogen-bond donors (Lipinski definition) is 2. The Labute approximate surface area is 197 Å². The van der Waals surface area contributed by atoms with E-state index in [-0.39, 0.29) is 36.7 Å². The van der Waals surface area contributed by atoms with Gasteiger partial charge in [0.2, 0.25) is 5.91 Å². The molecule has 3 aliphatic rings. The van der Waals surface area contributed by atoms with E-state index in [1.165, 1.54) is 11.1 Å². The molecule has 2 fully saturated rings. The quantitative estimate of drug-likeness (QED) is 0.653. The van der Waals surface area contributed by atoms with Crippen LogP contribution in [0.1, 0.15) is 29.9 Å². The number of rotatable bonds is 7. The Kier molecular flexibility index (Phi) is 6.24. The number of benzene rings is 2. The Morgan fingerprint density at radius 1 is 1.06 bits per heavy atom. The predicted molar refractivity (Wildman–Crippen MR) is 123 cm³/mol. The molecule has 2 N–H and O–H groups in total. The highest BCUT2D eigenvalue weighted by Gasteiger charge is 2.45. The molecule has 34 heavy (non-hydrogen) atoms. The molecule has 1 saturated heterocycles. The van der Waals surface area contributed by atoms with Gasteiger partial charge in [0, 0.05) is 31.5 Å². The molecule has 1 unspecified atom stereocenters. The summed E-state index contributed by atoms with van der Waals surface area (Å²) >= 11 is 0. The Morgan fingerprint density at radius 3 is 2.41 bits per heavy atom. The van der Waals surface area contributed by atoms with E-state index in [0.29, 0.717) is 32.7 Å². The van der Waals surface area contributed by atoms with Crippen LogP contribution >= 0.6 is 0 Å². The second kappa shape index (κ2) is 9.46. The standard InChI is InChI=1S/C26H28N2O6/c29-24(30)12-17-14-28(9-10-33-17)25(31)22-11-16(22)13-27-26(32)34-15-23-20-7-3-1-5-18(20)19-6-2-4-8-21(19)23/h1-8,16-17,22-23H,9-15H2,(H,27,32)(H,29,30)/t16-,17?,22-/m1/s1. The van der Waals surface area contributed by atoms with Crippen LogP contribution in [0.4, 0.5) is 4.79 Å². The second-order valence-corrected chi connectivity index (χ2v) is 9.18. The predicted octanol–water partition coefficient (Wildman–Crippen LogP) is 2.86. The van der Waals surface area contributed by atoms with Crippen LogP contribution in [0.2, 0.25) is 0 Å². The molecule has 0 spiro atoms. The summed E-state index contributed by atoms with van der Waals surface area (Å²) in [5.41, 5.74) is 4.69. The summed E-state index contributed by atoms with van der Waals surface area (Å²) in [7, 11) is 0. The van der Waals surface area contributed by atoms with Gasteiger partial charge in [0.05, 0.1) is 19.1 Å². The number of fused-ring (bicyclic) bond motifs is 3. The maximum Gasteiger partial charge on any atom is 0.407 e. The van der Waals surface area contributed by atoms with Crippen LogP contribution in [0, 0.1) is 11.8 Å². The van der Waals surface area contributed by atoms with Gasteiger partial charge in [-0.25, -0.2) is 4.79 Å². The first kappa shape index (κ1) is 22.4. The lowest BCUT2D eigenvalue weighted by Gasteiger charge is -2.32. The summed E-state index contributed by atoms with van der Waals surface area (Å²) in [6.45, 7) is 1.76. The van der Waals surface area contributed by atoms with Crippen LogP contribution in [-0.4, -0.2) is 66.9 Å². The number of aliphatic carboxylic acids is 1. The molecule has 0 radical (unpaired) electrons. The minimum Gasteiger partial charge on any atom is -0.481 e. The molecule has 2 aromatic carbocycles. The van der Waals surface area contributed by atoms with Crippen LogP contribution in [0.15, 0.2) is 48.5 Å². The van der Waals surface area contributed by atoms with E-state index < -0.39 is 18.2 Å². The van der Waals surface area contributed by atoms with Crippen molar-refractivity contribution >= 4 is 18.0 Å². The van der Waals surface area contributed by atoms with Gasteiger partial charge in [-0.2, -0.15) is 0 Å². The number of hydrogen-bond acceptors (Lipinski definition) is 5. The zero-order valence-corrected chi connectivity index (χ0v) is 18.8. The smallest absolute Gasteiger partial charge is 0.407 e. The zero-order valence-electron chi connectivity index (χ0n) is 18.8. The molecule has 2 amide bonds. The minimum absolute atomic E-state index is 0.00784. The third-order valence-electron chi connectivity index (χ3n) is 6.94. The Bertz CT molecular complexity index is 1060. The number of carbonyl (C=O) groups is 3. The largest absolute Gasteiger partial charge is 0.481 e. The van der Waals surface area contributed by atoms with Crippen LogP contribution in [-0.2, 0) is 19.1 Å². The van der Waals surface area contributed by atoms with Crippen molar-refractivity contribution in [3.05, 3.63) is 59.7 Å². The van der Waals surface area contributed by atoms with Crippen LogP contribution < -0.4 is 5.32 Å². The second-order valence-electron chi connectivity index (χ2n) is 9.18. The van der Waals surface area contributed by atoms with Crippen LogP contribution in [0.25, 0.3) is 11.1 Å². The maximum atomic E-state index is 12.8. The average Bonchev–Trinajstić information content (AvgIpc) is 3.55. The normalized spacial score (nSPS) is 23.1. The Hall–Kier alpha value is -3.39. The van der Waals surface area contributed by atoms with E-state index in [0.717, 1.165) is 11.1 Å². The van der Waals surface area contributed by atoms with Gasteiger partial charge in [0.15, 0.2) is 0 Å². The van der Waals surface area contributed by atoms with Crippen molar-refractivity contribution in [3.8, 4) is 11.1 Å². The first-order chi connectivity index (χ1) is 16.5. The molecule has 3 atom stereocenters. The van der Waals surface area contributed by atoms with Crippen molar-refractivity contribution in [3.63, 3.8) is 0 Å². The molecule has 5 rings (SSSR count). The minimum atomic E-state index is -0.934. The number of carbonyl (C=O) groups excluding carboxylic acids is 2. The lowest BCUT2D eigenvalue weighted by molar-refractivity contribution is -0.148. The van der Waals surface area contributed by atoms with Gasteiger partial charge < -0.3 is 24.8 Å². The molecule has 1 aliphatic heterocycles. The highest BCUT2D eigenvalue weighted by Crippen LogP contribution is 2.44. The maximum absolute atomic E-state index is 12.8. The van der Waals surface area contributed by atoms with Gasteiger partial charge in [-0.05, 0) is 34.6 Å². The van der Waals surface area contributed by atoms with Gasteiger partial charge in [-0.3, -0.25) is 9.59 Å². The lowest BCUT2D eigenvalue weighted by atomic mass is 9.98. The number of carboxylic acids is 1. The molecule has 0 bridgehead atoms. The van der Waals surface area contributed by atoms with E-state index in [4.69, 9.17) is 14.6 Å². The number of carboxylic acid groups (broad SMARTS) is 1. The molecule has 178 valence electrons. The van der Waals surface area contributed by atoms with Crippen molar-refractivity contribution < 1.29 is 29.0 Å². The highest BCUT2D eigenvalue weighted by atomic mass is 16.5. The third kappa shape index (κ3) is 4.63. The van der Waals surface area contributed by atoms with E-state index in [1.54, 1.807) is 4.90 Å². The van der Waals surface area contributed by atoms with Gasteiger partial charge >= 0.3 is 12.1 Å². The number of morpholine rings is 1. The fraction of sp³-hybridized carbons (Fsp3) is 0.423. The van der Waals surface area contributed by atoms with Crippen molar-refractivity contribution in [2.24, 2.45) is 11.8 Å². The molecule has 1 saturated carbocycles. The summed E-state index contributed by atoms with van der Waals surface area (Å²) < 4.78 is 11.0. The van der Waals surface area contributed by atoms with E-state index >= 15 is 0 Å². The van der Waals surface area contributed by atoms with E-state index in [1.807, 2.05) is 24.3 Å². The summed E-state index contributed by atoms with van der Waals surface area (Å²) in [6.07, 6.45) is -0.343. The number of nitrogens with zero attached hydrogens (tertiary/aromatic N) is 1. The van der Waals surface area contributed by atoms with Crippen molar-refractivity contribution in [1.29, 1.82) is 0 Å². The molecule has 8 nitrogen and oxygen atoms in total. The first-order valence-electron chi connectivity index (χ1n) is 11.7. The van der Waals surface area contributed by atoms with E-state index in [2.05, 4.69) is 29.6 Å². The van der Waals surface area contributed by atoms with E-state index in [9.17, 15) is 14.4 Å². The highest BCUT2D eigenvalue weighted by molar-refractivity contribution is 5.82. The van der Waals surface area contributed by atoms with Gasteiger partial charge in [0.1, 0.15) is 6.61 Å². The average molecular weight is 465 g/mol. The Morgan fingerprint density at radius 2 is 1.74 bits per heavy atom. The van der Waals surface area contributed by atoms with Crippen LogP contribution in [0.5, 0.6) is 0 Å². The topological polar surface area (TPSA) is 105 Å². The van der Waals surface area contributed by atoms with Crippen LogP contribution in [0.3, 0.4) is 0 Å². The molecule has 1 heterocycles. The number of nitrogens with one attached hydrogen (secondary N) is 1. The van der Waals surface area contributed by atoms with Gasteiger partial charge in [-0.1, -0.05) is 48.5 Å². The third-order valence-corrected chi connectivity index (χ3v) is 6.94. The fourth-order valence-electron chi connectivity index (χ4n) is 5.11. The van der Waals surface area contributed by atoms with Crippen molar-refractivity contribution in [2.75, 3.05) is 32.8 Å². The number of ether oxygens (including phenoxy) is 2. The summed E-state index contributed by atoms with van der Waals surface area (Å²) in [5.74, 6) is -0.978. The monoisotopic (exact) mass is 464 g/mol. The molecular formula is C26H28N2O6. The molecule has 2 aromatic rings. The fourth-order valence-corrected chi connectivity index (χ4v) is 5.11. The lowest BCUT2D eigenvalue weighted by Crippen LogP contribution is -2.47. The summed E-state index contributed by atoms with van der Waals surface area (Å²) in [6, 6.07) is 16.4. The summed E-state index contributed by atoms with van der Waals surface area (Å²) in [4.78, 5) is 37.7. The molecule has 2 aliphatic carbocycles. The molecular weight excluding hydrogens is 436 g/mol.